The van der Waals surface area contributed by atoms with Gasteiger partial charge in [-0.25, -0.2) is 5.10 Å². The first-order valence-electron chi connectivity index (χ1n) is 7.89. The first kappa shape index (κ1) is 15.3. The van der Waals surface area contributed by atoms with Crippen LogP contribution in [0.4, 0.5) is 0 Å². The fourth-order valence-electron chi connectivity index (χ4n) is 2.92. The second-order valence-corrected chi connectivity index (χ2v) is 5.67. The van der Waals surface area contributed by atoms with Crippen LogP contribution in [0.3, 0.4) is 0 Å². The molecule has 1 amide bonds. The van der Waals surface area contributed by atoms with E-state index >= 15 is 0 Å². The molecule has 0 aliphatic rings. The Labute approximate surface area is 133 Å². The molecule has 23 heavy (non-hydrogen) atoms. The van der Waals surface area contributed by atoms with Gasteiger partial charge in [-0.3, -0.25) is 9.59 Å². The minimum absolute atomic E-state index is 0.0858. The Kier molecular flexibility index (Phi) is 4.14. The molecular weight excluding hydrogens is 292 g/mol. The predicted octanol–water partition coefficient (Wildman–Crippen LogP) is 2.36. The highest BCUT2D eigenvalue weighted by molar-refractivity contribution is 6.08. The van der Waals surface area contributed by atoms with E-state index in [1.165, 1.54) is 0 Å². The van der Waals surface area contributed by atoms with Crippen LogP contribution >= 0.6 is 0 Å². The fourth-order valence-corrected chi connectivity index (χ4v) is 2.92. The van der Waals surface area contributed by atoms with E-state index in [4.69, 9.17) is 0 Å². The van der Waals surface area contributed by atoms with Crippen molar-refractivity contribution in [2.24, 2.45) is 0 Å². The van der Waals surface area contributed by atoms with E-state index in [0.29, 0.717) is 12.1 Å². The zero-order chi connectivity index (χ0) is 16.4. The van der Waals surface area contributed by atoms with Crippen LogP contribution in [0.15, 0.2) is 35.3 Å². The highest BCUT2D eigenvalue weighted by Crippen LogP contribution is 2.29. The Hall–Kier alpha value is -2.63. The number of nitrogens with one attached hydrogen (secondary N) is 2. The normalized spacial score (nSPS) is 12.6. The molecule has 2 heterocycles. The van der Waals surface area contributed by atoms with Gasteiger partial charge in [-0.1, -0.05) is 31.5 Å². The average Bonchev–Trinajstić information content (AvgIpc) is 2.90. The van der Waals surface area contributed by atoms with Gasteiger partial charge in [0.2, 0.25) is 5.91 Å². The summed E-state index contributed by atoms with van der Waals surface area (Å²) in [4.78, 5) is 24.7. The molecule has 0 saturated carbocycles. The molecule has 0 saturated heterocycles. The fraction of sp³-hybridized carbons (Fsp3) is 0.353. The summed E-state index contributed by atoms with van der Waals surface area (Å²) in [5.41, 5.74) is 1.06. The third-order valence-electron chi connectivity index (χ3n) is 4.12. The first-order chi connectivity index (χ1) is 11.1. The number of aromatic nitrogens is 3. The average molecular weight is 312 g/mol. The second-order valence-electron chi connectivity index (χ2n) is 5.67. The van der Waals surface area contributed by atoms with Crippen molar-refractivity contribution in [1.82, 2.24) is 20.1 Å². The molecule has 2 N–H and O–H groups in total. The summed E-state index contributed by atoms with van der Waals surface area (Å²) in [5, 5.41) is 11.0. The SMILES string of the molecule is CCCCNC(=O)[C@@H](C)n1c2ccccc2c2cn[nH]c(=O)c21. The quantitative estimate of drug-likeness (QED) is 0.710. The Balaban J connectivity index is 2.15. The number of nitrogens with zero attached hydrogens (tertiary/aromatic N) is 2. The lowest BCUT2D eigenvalue weighted by atomic mass is 10.2. The van der Waals surface area contributed by atoms with Gasteiger partial charge in [-0.05, 0) is 19.4 Å². The van der Waals surface area contributed by atoms with Crippen LogP contribution in [-0.2, 0) is 4.79 Å². The van der Waals surface area contributed by atoms with E-state index in [9.17, 15) is 9.59 Å². The van der Waals surface area contributed by atoms with Gasteiger partial charge in [0.15, 0.2) is 0 Å². The molecule has 2 aromatic heterocycles. The van der Waals surface area contributed by atoms with Crippen LogP contribution in [-0.4, -0.2) is 27.2 Å². The second kappa shape index (κ2) is 6.24. The van der Waals surface area contributed by atoms with Crippen LogP contribution in [0, 0.1) is 0 Å². The summed E-state index contributed by atoms with van der Waals surface area (Å²) in [6.45, 7) is 4.54. The number of rotatable bonds is 5. The van der Waals surface area contributed by atoms with Gasteiger partial charge < -0.3 is 9.88 Å². The summed E-state index contributed by atoms with van der Waals surface area (Å²) in [5.74, 6) is -0.0858. The molecule has 0 spiro atoms. The molecule has 6 heteroatoms. The van der Waals surface area contributed by atoms with E-state index < -0.39 is 6.04 Å². The molecule has 3 rings (SSSR count). The van der Waals surface area contributed by atoms with Crippen molar-refractivity contribution in [1.29, 1.82) is 0 Å². The lowest BCUT2D eigenvalue weighted by molar-refractivity contribution is -0.123. The topological polar surface area (TPSA) is 79.8 Å². The molecule has 0 radical (unpaired) electrons. The smallest absolute Gasteiger partial charge is 0.288 e. The van der Waals surface area contributed by atoms with Crippen molar-refractivity contribution in [2.45, 2.75) is 32.7 Å². The number of H-pyrrole nitrogens is 1. The van der Waals surface area contributed by atoms with Crippen LogP contribution in [0.25, 0.3) is 21.8 Å². The Morgan fingerprint density at radius 3 is 2.91 bits per heavy atom. The third kappa shape index (κ3) is 2.60. The van der Waals surface area contributed by atoms with E-state index in [-0.39, 0.29) is 11.5 Å². The third-order valence-corrected chi connectivity index (χ3v) is 4.12. The van der Waals surface area contributed by atoms with Gasteiger partial charge in [0.05, 0.1) is 11.7 Å². The van der Waals surface area contributed by atoms with E-state index in [1.807, 2.05) is 31.2 Å². The Bertz CT molecular complexity index is 910. The zero-order valence-electron chi connectivity index (χ0n) is 13.3. The lowest BCUT2D eigenvalue weighted by Crippen LogP contribution is -2.32. The van der Waals surface area contributed by atoms with Crippen LogP contribution in [0.5, 0.6) is 0 Å². The number of carbonyl (C=O) groups excluding carboxylic acids is 1. The molecule has 120 valence electrons. The van der Waals surface area contributed by atoms with Gasteiger partial charge in [0.1, 0.15) is 11.6 Å². The minimum atomic E-state index is -0.474. The molecule has 0 fully saturated rings. The van der Waals surface area contributed by atoms with E-state index in [2.05, 4.69) is 22.4 Å². The lowest BCUT2D eigenvalue weighted by Gasteiger charge is -2.16. The molecule has 3 aromatic rings. The Morgan fingerprint density at radius 1 is 1.35 bits per heavy atom. The summed E-state index contributed by atoms with van der Waals surface area (Å²) < 4.78 is 1.80. The number of para-hydroxylation sites is 1. The number of aromatic amines is 1. The highest BCUT2D eigenvalue weighted by atomic mass is 16.2. The molecule has 1 atom stereocenters. The first-order valence-corrected chi connectivity index (χ1v) is 7.89. The van der Waals surface area contributed by atoms with Crippen LogP contribution < -0.4 is 10.9 Å². The number of amides is 1. The summed E-state index contributed by atoms with van der Waals surface area (Å²) in [6.07, 6.45) is 3.60. The van der Waals surface area contributed by atoms with Gasteiger partial charge in [-0.2, -0.15) is 5.10 Å². The maximum Gasteiger partial charge on any atom is 0.288 e. The van der Waals surface area contributed by atoms with Crippen LogP contribution in [0.2, 0.25) is 0 Å². The molecule has 0 aliphatic heterocycles. The van der Waals surface area contributed by atoms with Crippen molar-refractivity contribution >= 4 is 27.7 Å². The van der Waals surface area contributed by atoms with Crippen molar-refractivity contribution in [3.63, 3.8) is 0 Å². The molecule has 0 unspecified atom stereocenters. The minimum Gasteiger partial charge on any atom is -0.354 e. The number of fused-ring (bicyclic) bond motifs is 3. The van der Waals surface area contributed by atoms with Gasteiger partial charge in [-0.15, -0.1) is 0 Å². The Morgan fingerprint density at radius 2 is 2.13 bits per heavy atom. The molecule has 1 aromatic carbocycles. The predicted molar refractivity (Wildman–Crippen MR) is 90.5 cm³/mol. The van der Waals surface area contributed by atoms with Gasteiger partial charge in [0, 0.05) is 17.3 Å². The van der Waals surface area contributed by atoms with Crippen LogP contribution in [0.1, 0.15) is 32.7 Å². The van der Waals surface area contributed by atoms with Gasteiger partial charge in [0.25, 0.3) is 5.56 Å². The monoisotopic (exact) mass is 312 g/mol. The number of unbranched alkanes of at least 4 members (excludes halogenated alkanes) is 1. The number of hydrogen-bond acceptors (Lipinski definition) is 3. The number of benzene rings is 1. The molecule has 0 bridgehead atoms. The molecule has 6 nitrogen and oxygen atoms in total. The highest BCUT2D eigenvalue weighted by Gasteiger charge is 2.22. The van der Waals surface area contributed by atoms with Crippen molar-refractivity contribution in [3.05, 3.63) is 40.8 Å². The molecular formula is C17H20N4O2. The summed E-state index contributed by atoms with van der Waals surface area (Å²) >= 11 is 0. The summed E-state index contributed by atoms with van der Waals surface area (Å²) in [7, 11) is 0. The molecule has 0 aliphatic carbocycles. The van der Waals surface area contributed by atoms with Gasteiger partial charge >= 0.3 is 0 Å². The van der Waals surface area contributed by atoms with E-state index in [1.54, 1.807) is 10.8 Å². The number of hydrogen-bond donors (Lipinski definition) is 2. The van der Waals surface area contributed by atoms with Crippen molar-refractivity contribution in [2.75, 3.05) is 6.54 Å². The van der Waals surface area contributed by atoms with E-state index in [0.717, 1.165) is 29.1 Å². The van der Waals surface area contributed by atoms with Crippen molar-refractivity contribution in [3.8, 4) is 0 Å². The maximum atomic E-state index is 12.5. The standard InChI is InChI=1S/C17H20N4O2/c1-3-4-9-18-16(22)11(2)21-14-8-6-5-7-12(14)13-10-19-20-17(23)15(13)21/h5-8,10-11H,3-4,9H2,1-2H3,(H,18,22)(H,20,23)/t11-/m1/s1. The number of carbonyl (C=O) groups is 1. The maximum absolute atomic E-state index is 12.5. The summed E-state index contributed by atoms with van der Waals surface area (Å²) in [6, 6.07) is 7.21. The largest absolute Gasteiger partial charge is 0.354 e. The van der Waals surface area contributed by atoms with Crippen molar-refractivity contribution < 1.29 is 4.79 Å². The zero-order valence-corrected chi connectivity index (χ0v) is 13.3.